The zero-order valence-corrected chi connectivity index (χ0v) is 11.3. The number of nitriles is 1. The van der Waals surface area contributed by atoms with E-state index in [0.717, 1.165) is 0 Å². The lowest BCUT2D eigenvalue weighted by Gasteiger charge is -2.06. The van der Waals surface area contributed by atoms with Crippen LogP contribution >= 0.6 is 0 Å². The summed E-state index contributed by atoms with van der Waals surface area (Å²) in [5.74, 6) is -1.60. The van der Waals surface area contributed by atoms with Gasteiger partial charge < -0.3 is 15.4 Å². The van der Waals surface area contributed by atoms with E-state index < -0.39 is 24.4 Å². The van der Waals surface area contributed by atoms with E-state index in [9.17, 15) is 14.4 Å². The lowest BCUT2D eigenvalue weighted by molar-refractivity contribution is -0.147. The Labute approximate surface area is 121 Å². The third-order valence-corrected chi connectivity index (χ3v) is 2.35. The second kappa shape index (κ2) is 9.09. The van der Waals surface area contributed by atoms with Crippen LogP contribution in [0.2, 0.25) is 0 Å². The van der Waals surface area contributed by atoms with Gasteiger partial charge in [-0.2, -0.15) is 5.26 Å². The molecule has 21 heavy (non-hydrogen) atoms. The number of benzene rings is 1. The first kappa shape index (κ1) is 16.2. The van der Waals surface area contributed by atoms with Gasteiger partial charge in [-0.1, -0.05) is 18.2 Å². The molecule has 0 aliphatic rings. The maximum Gasteiger partial charge on any atom is 0.325 e. The summed E-state index contributed by atoms with van der Waals surface area (Å²) in [6.07, 6.45) is 0.187. The van der Waals surface area contributed by atoms with Crippen LogP contribution in [0.4, 0.5) is 0 Å². The van der Waals surface area contributed by atoms with Crippen LogP contribution in [0.3, 0.4) is 0 Å². The van der Waals surface area contributed by atoms with Gasteiger partial charge in [-0.05, 0) is 12.1 Å². The molecule has 0 aromatic heterocycles. The highest BCUT2D eigenvalue weighted by atomic mass is 16.5. The van der Waals surface area contributed by atoms with Crippen molar-refractivity contribution in [2.24, 2.45) is 0 Å². The summed E-state index contributed by atoms with van der Waals surface area (Å²) >= 11 is 0. The van der Waals surface area contributed by atoms with Crippen LogP contribution in [-0.4, -0.2) is 37.5 Å². The normalized spacial score (nSPS) is 9.29. The van der Waals surface area contributed by atoms with Gasteiger partial charge in [0.05, 0.1) is 12.5 Å². The minimum Gasteiger partial charge on any atom is -0.454 e. The van der Waals surface area contributed by atoms with Crippen molar-refractivity contribution in [2.45, 2.75) is 6.42 Å². The van der Waals surface area contributed by atoms with Crippen LogP contribution in [0.15, 0.2) is 30.3 Å². The molecule has 0 aliphatic carbocycles. The van der Waals surface area contributed by atoms with Crippen molar-refractivity contribution >= 4 is 17.8 Å². The molecule has 0 fully saturated rings. The molecule has 1 aromatic carbocycles. The fourth-order valence-electron chi connectivity index (χ4n) is 1.35. The quantitative estimate of drug-likeness (QED) is 0.542. The lowest BCUT2D eigenvalue weighted by Crippen LogP contribution is -2.34. The second-order valence-electron chi connectivity index (χ2n) is 3.97. The Bertz CT molecular complexity index is 537. The third-order valence-electron chi connectivity index (χ3n) is 2.35. The SMILES string of the molecule is N#CCCNC(=O)COC(=O)CNC(=O)c1ccccc1. The number of ether oxygens (including phenoxy) is 1. The highest BCUT2D eigenvalue weighted by Crippen LogP contribution is 1.97. The number of carbonyl (C=O) groups is 3. The molecular weight excluding hydrogens is 274 g/mol. The Morgan fingerprint density at radius 1 is 1.14 bits per heavy atom. The molecule has 0 radical (unpaired) electrons. The summed E-state index contributed by atoms with van der Waals surface area (Å²) in [5, 5.41) is 13.1. The highest BCUT2D eigenvalue weighted by Gasteiger charge is 2.10. The first-order valence-corrected chi connectivity index (χ1v) is 6.26. The van der Waals surface area contributed by atoms with Gasteiger partial charge in [0, 0.05) is 12.1 Å². The van der Waals surface area contributed by atoms with Gasteiger partial charge in [-0.15, -0.1) is 0 Å². The molecule has 0 unspecified atom stereocenters. The largest absolute Gasteiger partial charge is 0.454 e. The Hall–Kier alpha value is -2.88. The first-order chi connectivity index (χ1) is 10.1. The summed E-state index contributed by atoms with van der Waals surface area (Å²) in [5.41, 5.74) is 0.430. The minimum atomic E-state index is -0.713. The molecule has 1 rings (SSSR count). The van der Waals surface area contributed by atoms with E-state index in [1.807, 2.05) is 6.07 Å². The van der Waals surface area contributed by atoms with E-state index in [0.29, 0.717) is 5.56 Å². The summed E-state index contributed by atoms with van der Waals surface area (Å²) in [4.78, 5) is 34.2. The molecule has 7 heteroatoms. The van der Waals surface area contributed by atoms with E-state index in [2.05, 4.69) is 15.4 Å². The molecule has 110 valence electrons. The number of hydrogen-bond acceptors (Lipinski definition) is 5. The van der Waals surface area contributed by atoms with E-state index >= 15 is 0 Å². The topological polar surface area (TPSA) is 108 Å². The van der Waals surface area contributed by atoms with Crippen LogP contribution in [0.1, 0.15) is 16.8 Å². The Balaban J connectivity index is 2.21. The summed E-state index contributed by atoms with van der Waals surface area (Å²) in [6.45, 7) is -0.553. The fourth-order valence-corrected chi connectivity index (χ4v) is 1.35. The number of nitrogens with one attached hydrogen (secondary N) is 2. The second-order valence-corrected chi connectivity index (χ2v) is 3.97. The van der Waals surface area contributed by atoms with Gasteiger partial charge in [-0.25, -0.2) is 0 Å². The van der Waals surface area contributed by atoms with Crippen LogP contribution in [0.25, 0.3) is 0 Å². The first-order valence-electron chi connectivity index (χ1n) is 6.26. The van der Waals surface area contributed by atoms with Gasteiger partial charge in [0.15, 0.2) is 6.61 Å². The molecule has 0 aliphatic heterocycles. The van der Waals surface area contributed by atoms with Gasteiger partial charge in [-0.3, -0.25) is 14.4 Å². The molecule has 0 saturated heterocycles. The van der Waals surface area contributed by atoms with Crippen LogP contribution < -0.4 is 10.6 Å². The highest BCUT2D eigenvalue weighted by molar-refractivity contribution is 5.96. The van der Waals surface area contributed by atoms with E-state index in [-0.39, 0.29) is 19.5 Å². The molecule has 0 saturated carbocycles. The van der Waals surface area contributed by atoms with Gasteiger partial charge >= 0.3 is 5.97 Å². The zero-order chi connectivity index (χ0) is 15.5. The van der Waals surface area contributed by atoms with Crippen LogP contribution in [0.5, 0.6) is 0 Å². The minimum absolute atomic E-state index is 0.187. The molecule has 7 nitrogen and oxygen atoms in total. The molecule has 0 bridgehead atoms. The number of carbonyl (C=O) groups excluding carboxylic acids is 3. The Morgan fingerprint density at radius 2 is 1.86 bits per heavy atom. The van der Waals surface area contributed by atoms with Crippen LogP contribution in [0, 0.1) is 11.3 Å². The maximum absolute atomic E-state index is 11.6. The average molecular weight is 289 g/mol. The molecule has 2 N–H and O–H groups in total. The van der Waals surface area contributed by atoms with Crippen molar-refractivity contribution in [3.05, 3.63) is 35.9 Å². The number of amides is 2. The van der Waals surface area contributed by atoms with Crippen molar-refractivity contribution in [3.63, 3.8) is 0 Å². The summed E-state index contributed by atoms with van der Waals surface area (Å²) in [7, 11) is 0. The van der Waals surface area contributed by atoms with Crippen molar-refractivity contribution in [3.8, 4) is 6.07 Å². The average Bonchev–Trinajstić information content (AvgIpc) is 2.51. The van der Waals surface area contributed by atoms with E-state index in [1.165, 1.54) is 0 Å². The molecule has 2 amide bonds. The summed E-state index contributed by atoms with van der Waals surface area (Å²) in [6, 6.07) is 10.3. The van der Waals surface area contributed by atoms with Crippen molar-refractivity contribution in [1.29, 1.82) is 5.26 Å². The predicted octanol–water partition coefficient (Wildman–Crippen LogP) is -0.0105. The van der Waals surface area contributed by atoms with Gasteiger partial charge in [0.1, 0.15) is 6.54 Å². The monoisotopic (exact) mass is 289 g/mol. The van der Waals surface area contributed by atoms with Crippen LogP contribution in [-0.2, 0) is 14.3 Å². The number of hydrogen-bond donors (Lipinski definition) is 2. The van der Waals surface area contributed by atoms with E-state index in [1.54, 1.807) is 30.3 Å². The van der Waals surface area contributed by atoms with Crippen molar-refractivity contribution < 1.29 is 19.1 Å². The molecular formula is C14H15N3O4. The van der Waals surface area contributed by atoms with Crippen molar-refractivity contribution in [2.75, 3.05) is 19.7 Å². The molecule has 0 atom stereocenters. The molecule has 0 heterocycles. The maximum atomic E-state index is 11.6. The Kier molecular flexibility index (Phi) is 7.00. The summed E-state index contributed by atoms with van der Waals surface area (Å²) < 4.78 is 4.67. The standard InChI is InChI=1S/C14H15N3O4/c15-7-4-8-16-12(18)10-21-13(19)9-17-14(20)11-5-2-1-3-6-11/h1-3,5-6H,4,8-10H2,(H,16,18)(H,17,20). The number of rotatable bonds is 7. The Morgan fingerprint density at radius 3 is 2.52 bits per heavy atom. The predicted molar refractivity (Wildman–Crippen MR) is 73.0 cm³/mol. The third kappa shape index (κ3) is 6.73. The van der Waals surface area contributed by atoms with Gasteiger partial charge in [0.2, 0.25) is 0 Å². The van der Waals surface area contributed by atoms with E-state index in [4.69, 9.17) is 5.26 Å². The fraction of sp³-hybridized carbons (Fsp3) is 0.286. The molecule has 0 spiro atoms. The van der Waals surface area contributed by atoms with Crippen molar-refractivity contribution in [1.82, 2.24) is 10.6 Å². The number of nitrogens with zero attached hydrogens (tertiary/aromatic N) is 1. The molecule has 1 aromatic rings. The van der Waals surface area contributed by atoms with Gasteiger partial charge in [0.25, 0.3) is 11.8 Å². The lowest BCUT2D eigenvalue weighted by atomic mass is 10.2. The zero-order valence-electron chi connectivity index (χ0n) is 11.3. The smallest absolute Gasteiger partial charge is 0.325 e. The number of esters is 1.